The van der Waals surface area contributed by atoms with E-state index in [1.807, 2.05) is 42.5 Å². The summed E-state index contributed by atoms with van der Waals surface area (Å²) in [4.78, 5) is 17.0. The number of aromatic nitrogens is 3. The number of thiazole rings is 2. The Hall–Kier alpha value is -6.41. The molecule has 7 aromatic carbocycles. The Balaban J connectivity index is 1.02. The standard InChI is InChI=1S/C45H28N4OS2/c1-2-9-29(10-3-1)36-11-8-14-39-42(36)48-43(50-39)30-17-23-33(24-18-30)49(34-25-19-31(20-26-34)44-46-37-12-4-6-15-40(37)51-44)35-27-21-32(22-28-35)45-47-38-13-5-7-16-41(38)52-45/h1-28H. The van der Waals surface area contributed by atoms with Gasteiger partial charge in [-0.1, -0.05) is 66.7 Å². The molecule has 0 atom stereocenters. The van der Waals surface area contributed by atoms with Gasteiger partial charge in [0.25, 0.3) is 0 Å². The smallest absolute Gasteiger partial charge is 0.227 e. The SMILES string of the molecule is c1ccc(-c2cccc3oc(-c4ccc(N(c5ccc(-c6nc7ccccc7s6)cc5)c5ccc(-c6nc7ccccc7s6)cc5)cc4)nc23)cc1. The fourth-order valence-corrected chi connectivity index (χ4v) is 8.56. The Kier molecular flexibility index (Phi) is 7.44. The van der Waals surface area contributed by atoms with E-state index >= 15 is 0 Å². The van der Waals surface area contributed by atoms with Crippen LogP contribution in [0, 0.1) is 0 Å². The molecule has 0 unspecified atom stereocenters. The van der Waals surface area contributed by atoms with Crippen molar-refractivity contribution in [2.45, 2.75) is 0 Å². The van der Waals surface area contributed by atoms with Gasteiger partial charge in [-0.3, -0.25) is 0 Å². The number of hydrogen-bond donors (Lipinski definition) is 0. The Morgan fingerprint density at radius 3 is 1.44 bits per heavy atom. The molecule has 0 bridgehead atoms. The second-order valence-electron chi connectivity index (χ2n) is 12.5. The van der Waals surface area contributed by atoms with Crippen LogP contribution in [0.3, 0.4) is 0 Å². The first-order chi connectivity index (χ1) is 25.7. The monoisotopic (exact) mass is 704 g/mol. The third-order valence-electron chi connectivity index (χ3n) is 9.21. The minimum absolute atomic E-state index is 0.594. The number of rotatable bonds is 7. The molecule has 52 heavy (non-hydrogen) atoms. The van der Waals surface area contributed by atoms with Gasteiger partial charge in [-0.25, -0.2) is 15.0 Å². The molecule has 0 radical (unpaired) electrons. The van der Waals surface area contributed by atoms with Gasteiger partial charge in [0.05, 0.1) is 20.4 Å². The van der Waals surface area contributed by atoms with Crippen molar-refractivity contribution in [3.63, 3.8) is 0 Å². The highest BCUT2D eigenvalue weighted by Gasteiger charge is 2.17. The number of hydrogen-bond acceptors (Lipinski definition) is 7. The third-order valence-corrected chi connectivity index (χ3v) is 11.4. The van der Waals surface area contributed by atoms with Crippen molar-refractivity contribution >= 4 is 71.3 Å². The number of para-hydroxylation sites is 3. The summed E-state index contributed by atoms with van der Waals surface area (Å²) in [5.74, 6) is 0.594. The quantitative estimate of drug-likeness (QED) is 0.165. The Labute approximate surface area is 307 Å². The van der Waals surface area contributed by atoms with Crippen molar-refractivity contribution in [3.05, 3.63) is 170 Å². The molecule has 0 aliphatic rings. The van der Waals surface area contributed by atoms with Crippen LogP contribution in [0.1, 0.15) is 0 Å². The van der Waals surface area contributed by atoms with E-state index in [0.717, 1.165) is 77.0 Å². The molecule has 0 amide bonds. The van der Waals surface area contributed by atoms with Crippen molar-refractivity contribution in [1.82, 2.24) is 15.0 Å². The molecule has 0 saturated heterocycles. The molecule has 10 aromatic rings. The zero-order valence-corrected chi connectivity index (χ0v) is 29.3. The zero-order chi connectivity index (χ0) is 34.4. The summed E-state index contributed by atoms with van der Waals surface area (Å²) in [6.45, 7) is 0. The van der Waals surface area contributed by atoms with Crippen LogP contribution in [0.5, 0.6) is 0 Å². The lowest BCUT2D eigenvalue weighted by Crippen LogP contribution is -2.09. The van der Waals surface area contributed by atoms with Gasteiger partial charge in [-0.2, -0.15) is 0 Å². The van der Waals surface area contributed by atoms with Gasteiger partial charge in [-0.15, -0.1) is 22.7 Å². The van der Waals surface area contributed by atoms with Gasteiger partial charge in [0, 0.05) is 39.3 Å². The summed E-state index contributed by atoms with van der Waals surface area (Å²) in [5.41, 5.74) is 12.0. The van der Waals surface area contributed by atoms with Crippen LogP contribution in [0.2, 0.25) is 0 Å². The molecule has 0 aliphatic carbocycles. The van der Waals surface area contributed by atoms with E-state index in [9.17, 15) is 0 Å². The Morgan fingerprint density at radius 2 is 0.904 bits per heavy atom. The summed E-state index contributed by atoms with van der Waals surface area (Å²) < 4.78 is 8.68. The lowest BCUT2D eigenvalue weighted by Gasteiger charge is -2.26. The van der Waals surface area contributed by atoms with Gasteiger partial charge in [-0.05, 0) is 109 Å². The van der Waals surface area contributed by atoms with Crippen molar-refractivity contribution in [3.8, 4) is 43.7 Å². The molecular weight excluding hydrogens is 677 g/mol. The van der Waals surface area contributed by atoms with Crippen LogP contribution >= 0.6 is 22.7 Å². The van der Waals surface area contributed by atoms with Gasteiger partial charge in [0.2, 0.25) is 5.89 Å². The van der Waals surface area contributed by atoms with Crippen molar-refractivity contribution < 1.29 is 4.42 Å². The van der Waals surface area contributed by atoms with Crippen LogP contribution < -0.4 is 4.90 Å². The number of benzene rings is 7. The highest BCUT2D eigenvalue weighted by Crippen LogP contribution is 2.40. The highest BCUT2D eigenvalue weighted by atomic mass is 32.1. The van der Waals surface area contributed by atoms with E-state index in [1.54, 1.807) is 22.7 Å². The van der Waals surface area contributed by atoms with Gasteiger partial charge < -0.3 is 9.32 Å². The summed E-state index contributed by atoms with van der Waals surface area (Å²) in [7, 11) is 0. The summed E-state index contributed by atoms with van der Waals surface area (Å²) in [6.07, 6.45) is 0. The molecule has 0 fully saturated rings. The lowest BCUT2D eigenvalue weighted by molar-refractivity contribution is 0.620. The van der Waals surface area contributed by atoms with Crippen LogP contribution in [-0.4, -0.2) is 15.0 Å². The Morgan fingerprint density at radius 1 is 0.404 bits per heavy atom. The van der Waals surface area contributed by atoms with Crippen molar-refractivity contribution in [1.29, 1.82) is 0 Å². The minimum Gasteiger partial charge on any atom is -0.436 e. The molecule has 0 spiro atoms. The summed E-state index contributed by atoms with van der Waals surface area (Å²) in [6, 6.07) is 58.7. The number of anilines is 3. The molecule has 0 saturated carbocycles. The zero-order valence-electron chi connectivity index (χ0n) is 27.7. The fourth-order valence-electron chi connectivity index (χ4n) is 6.62. The molecule has 3 heterocycles. The van der Waals surface area contributed by atoms with E-state index in [1.165, 1.54) is 9.40 Å². The molecular formula is C45H28N4OS2. The van der Waals surface area contributed by atoms with Crippen molar-refractivity contribution in [2.75, 3.05) is 4.90 Å². The topological polar surface area (TPSA) is 55.1 Å². The van der Waals surface area contributed by atoms with Crippen LogP contribution in [0.25, 0.3) is 75.3 Å². The van der Waals surface area contributed by atoms with E-state index < -0.39 is 0 Å². The Bertz CT molecular complexity index is 2650. The summed E-state index contributed by atoms with van der Waals surface area (Å²) in [5, 5.41) is 2.02. The molecule has 5 nitrogen and oxygen atoms in total. The normalized spacial score (nSPS) is 11.5. The molecule has 0 N–H and O–H groups in total. The molecule has 246 valence electrons. The number of nitrogens with zero attached hydrogens (tertiary/aromatic N) is 4. The van der Waals surface area contributed by atoms with E-state index in [-0.39, 0.29) is 0 Å². The van der Waals surface area contributed by atoms with E-state index in [2.05, 4.69) is 132 Å². The van der Waals surface area contributed by atoms with Gasteiger partial charge in [0.1, 0.15) is 15.5 Å². The molecule has 10 rings (SSSR count). The average Bonchev–Trinajstić information content (AvgIpc) is 3.96. The predicted molar refractivity (Wildman–Crippen MR) is 217 cm³/mol. The maximum absolute atomic E-state index is 6.31. The predicted octanol–water partition coefficient (Wildman–Crippen LogP) is 13.2. The first-order valence-corrected chi connectivity index (χ1v) is 18.6. The van der Waals surface area contributed by atoms with Gasteiger partial charge in [0.15, 0.2) is 5.58 Å². The maximum atomic E-state index is 6.31. The molecule has 3 aromatic heterocycles. The third kappa shape index (κ3) is 5.53. The number of fused-ring (bicyclic) bond motifs is 3. The van der Waals surface area contributed by atoms with Crippen molar-refractivity contribution in [2.24, 2.45) is 0 Å². The first kappa shape index (κ1) is 30.4. The highest BCUT2D eigenvalue weighted by molar-refractivity contribution is 7.22. The average molecular weight is 705 g/mol. The largest absolute Gasteiger partial charge is 0.436 e. The second kappa shape index (κ2) is 12.7. The minimum atomic E-state index is 0.594. The summed E-state index contributed by atoms with van der Waals surface area (Å²) >= 11 is 3.43. The lowest BCUT2D eigenvalue weighted by atomic mass is 10.0. The fraction of sp³-hybridized carbons (Fsp3) is 0. The van der Waals surface area contributed by atoms with E-state index in [0.29, 0.717) is 5.89 Å². The van der Waals surface area contributed by atoms with Gasteiger partial charge >= 0.3 is 0 Å². The van der Waals surface area contributed by atoms with E-state index in [4.69, 9.17) is 19.4 Å². The van der Waals surface area contributed by atoms with Crippen LogP contribution in [-0.2, 0) is 0 Å². The van der Waals surface area contributed by atoms with Crippen LogP contribution in [0.15, 0.2) is 174 Å². The molecule has 7 heteroatoms. The van der Waals surface area contributed by atoms with Crippen LogP contribution in [0.4, 0.5) is 17.1 Å². The number of oxazole rings is 1. The molecule has 0 aliphatic heterocycles. The first-order valence-electron chi connectivity index (χ1n) is 17.0. The second-order valence-corrected chi connectivity index (χ2v) is 14.5. The maximum Gasteiger partial charge on any atom is 0.227 e.